The first-order valence-corrected chi connectivity index (χ1v) is 4.62. The molecule has 6 nitrogen and oxygen atoms in total. The molecular weight excluding hydrogens is 212 g/mol. The number of amides is 1. The van der Waals surface area contributed by atoms with Crippen LogP contribution in [0.5, 0.6) is 0 Å². The number of ether oxygens (including phenoxy) is 1. The molecule has 6 heteroatoms. The molecule has 0 aromatic carbocycles. The Labute approximate surface area is 92.3 Å². The Kier molecular flexibility index (Phi) is 4.41. The van der Waals surface area contributed by atoms with E-state index in [1.807, 2.05) is 0 Å². The Bertz CT molecular complexity index is 392. The van der Waals surface area contributed by atoms with E-state index in [9.17, 15) is 9.59 Å². The van der Waals surface area contributed by atoms with Crippen LogP contribution in [0, 0.1) is 0 Å². The van der Waals surface area contributed by atoms with Crippen molar-refractivity contribution in [2.24, 2.45) is 0 Å². The van der Waals surface area contributed by atoms with Gasteiger partial charge in [0.15, 0.2) is 5.69 Å². The minimum atomic E-state index is -1.22. The number of pyridine rings is 1. The van der Waals surface area contributed by atoms with Crippen LogP contribution in [0.3, 0.4) is 0 Å². The summed E-state index contributed by atoms with van der Waals surface area (Å²) in [5.41, 5.74) is -0.205. The molecule has 1 aromatic heterocycles. The van der Waals surface area contributed by atoms with Crippen LogP contribution in [0.2, 0.25) is 0 Å². The maximum atomic E-state index is 11.6. The van der Waals surface area contributed by atoms with Gasteiger partial charge in [-0.1, -0.05) is 0 Å². The maximum Gasteiger partial charge on any atom is 0.355 e. The lowest BCUT2D eigenvalue weighted by atomic mass is 10.2. The number of methoxy groups -OCH3 is 1. The van der Waals surface area contributed by atoms with Crippen LogP contribution in [0.4, 0.5) is 0 Å². The number of carboxylic acid groups (broad SMARTS) is 1. The Balaban J connectivity index is 2.78. The number of rotatable bonds is 5. The van der Waals surface area contributed by atoms with Gasteiger partial charge >= 0.3 is 5.97 Å². The van der Waals surface area contributed by atoms with Gasteiger partial charge in [-0.05, 0) is 12.1 Å². The van der Waals surface area contributed by atoms with Crippen LogP contribution in [0.15, 0.2) is 18.3 Å². The summed E-state index contributed by atoms with van der Waals surface area (Å²) in [5, 5.41) is 11.3. The molecule has 0 bridgehead atoms. The Morgan fingerprint density at radius 3 is 2.94 bits per heavy atom. The highest BCUT2D eigenvalue weighted by molar-refractivity contribution is 6.03. The SMILES string of the molecule is COCCNC(=O)c1cccnc1C(=O)O. The van der Waals surface area contributed by atoms with E-state index < -0.39 is 11.9 Å². The smallest absolute Gasteiger partial charge is 0.355 e. The predicted octanol–water partition coefficient (Wildman–Crippen LogP) is 0.156. The van der Waals surface area contributed by atoms with Crippen molar-refractivity contribution >= 4 is 11.9 Å². The molecule has 0 aliphatic heterocycles. The fourth-order valence-electron chi connectivity index (χ4n) is 1.12. The number of aromatic nitrogens is 1. The van der Waals surface area contributed by atoms with Crippen molar-refractivity contribution in [3.05, 3.63) is 29.6 Å². The van der Waals surface area contributed by atoms with Gasteiger partial charge in [0.1, 0.15) is 0 Å². The van der Waals surface area contributed by atoms with E-state index in [0.29, 0.717) is 13.2 Å². The maximum absolute atomic E-state index is 11.6. The second kappa shape index (κ2) is 5.82. The summed E-state index contributed by atoms with van der Waals surface area (Å²) >= 11 is 0. The minimum absolute atomic E-state index is 0.0473. The Morgan fingerprint density at radius 2 is 2.31 bits per heavy atom. The number of hydrogen-bond donors (Lipinski definition) is 2. The van der Waals surface area contributed by atoms with Crippen LogP contribution < -0.4 is 5.32 Å². The van der Waals surface area contributed by atoms with Gasteiger partial charge in [0.05, 0.1) is 12.2 Å². The summed E-state index contributed by atoms with van der Waals surface area (Å²) in [5.74, 6) is -1.69. The average Bonchev–Trinajstić information content (AvgIpc) is 2.29. The number of carbonyl (C=O) groups excluding carboxylic acids is 1. The monoisotopic (exact) mass is 224 g/mol. The minimum Gasteiger partial charge on any atom is -0.476 e. The Morgan fingerprint density at radius 1 is 1.56 bits per heavy atom. The molecule has 1 heterocycles. The number of carboxylic acids is 1. The summed E-state index contributed by atoms with van der Waals surface area (Å²) in [7, 11) is 1.51. The molecule has 0 aliphatic carbocycles. The van der Waals surface area contributed by atoms with Gasteiger partial charge < -0.3 is 15.2 Å². The van der Waals surface area contributed by atoms with Gasteiger partial charge in [0, 0.05) is 19.9 Å². The zero-order valence-corrected chi connectivity index (χ0v) is 8.77. The average molecular weight is 224 g/mol. The summed E-state index contributed by atoms with van der Waals surface area (Å²) in [6, 6.07) is 2.93. The van der Waals surface area contributed by atoms with Crippen molar-refractivity contribution in [1.29, 1.82) is 0 Å². The summed E-state index contributed by atoms with van der Waals surface area (Å²) in [4.78, 5) is 26.0. The van der Waals surface area contributed by atoms with Crippen LogP contribution in [-0.4, -0.2) is 42.2 Å². The molecule has 86 valence electrons. The fourth-order valence-corrected chi connectivity index (χ4v) is 1.12. The standard InChI is InChI=1S/C10H12N2O4/c1-16-6-5-12-9(13)7-3-2-4-11-8(7)10(14)15/h2-4H,5-6H2,1H3,(H,12,13)(H,14,15). The Hall–Kier alpha value is -1.95. The van der Waals surface area contributed by atoms with Crippen LogP contribution in [0.25, 0.3) is 0 Å². The van der Waals surface area contributed by atoms with E-state index in [0.717, 1.165) is 0 Å². The molecule has 1 rings (SSSR count). The van der Waals surface area contributed by atoms with E-state index in [1.54, 1.807) is 0 Å². The topological polar surface area (TPSA) is 88.5 Å². The lowest BCUT2D eigenvalue weighted by molar-refractivity contribution is 0.0684. The number of nitrogens with zero attached hydrogens (tertiary/aromatic N) is 1. The fraction of sp³-hybridized carbons (Fsp3) is 0.300. The second-order valence-corrected chi connectivity index (χ2v) is 2.95. The third-order valence-electron chi connectivity index (χ3n) is 1.85. The molecule has 0 fully saturated rings. The van der Waals surface area contributed by atoms with E-state index in [4.69, 9.17) is 9.84 Å². The molecule has 0 saturated carbocycles. The van der Waals surface area contributed by atoms with Gasteiger partial charge in [-0.15, -0.1) is 0 Å². The van der Waals surface area contributed by atoms with Crippen molar-refractivity contribution in [3.63, 3.8) is 0 Å². The van der Waals surface area contributed by atoms with Crippen molar-refractivity contribution in [1.82, 2.24) is 10.3 Å². The van der Waals surface area contributed by atoms with E-state index >= 15 is 0 Å². The van der Waals surface area contributed by atoms with E-state index in [1.165, 1.54) is 25.4 Å². The summed E-state index contributed by atoms with van der Waals surface area (Å²) < 4.78 is 4.76. The third-order valence-corrected chi connectivity index (χ3v) is 1.85. The summed E-state index contributed by atoms with van der Waals surface area (Å²) in [6.07, 6.45) is 1.33. The van der Waals surface area contributed by atoms with Crippen molar-refractivity contribution < 1.29 is 19.4 Å². The zero-order chi connectivity index (χ0) is 12.0. The van der Waals surface area contributed by atoms with Crippen molar-refractivity contribution in [3.8, 4) is 0 Å². The number of nitrogens with one attached hydrogen (secondary N) is 1. The molecule has 0 saturated heterocycles. The van der Waals surface area contributed by atoms with Crippen LogP contribution >= 0.6 is 0 Å². The number of hydrogen-bond acceptors (Lipinski definition) is 4. The highest BCUT2D eigenvalue weighted by Crippen LogP contribution is 2.04. The van der Waals surface area contributed by atoms with E-state index in [-0.39, 0.29) is 11.3 Å². The van der Waals surface area contributed by atoms with Gasteiger partial charge in [-0.25, -0.2) is 9.78 Å². The molecule has 0 unspecified atom stereocenters. The lowest BCUT2D eigenvalue weighted by Crippen LogP contribution is -2.28. The molecule has 0 spiro atoms. The van der Waals surface area contributed by atoms with Gasteiger partial charge in [-0.2, -0.15) is 0 Å². The molecular formula is C10H12N2O4. The highest BCUT2D eigenvalue weighted by atomic mass is 16.5. The third kappa shape index (κ3) is 3.03. The molecule has 1 amide bonds. The molecule has 0 radical (unpaired) electrons. The van der Waals surface area contributed by atoms with Crippen LogP contribution in [0.1, 0.15) is 20.8 Å². The van der Waals surface area contributed by atoms with Crippen LogP contribution in [-0.2, 0) is 4.74 Å². The first-order valence-electron chi connectivity index (χ1n) is 4.62. The number of carbonyl (C=O) groups is 2. The number of aromatic carboxylic acids is 1. The quantitative estimate of drug-likeness (QED) is 0.695. The largest absolute Gasteiger partial charge is 0.476 e. The van der Waals surface area contributed by atoms with Gasteiger partial charge in [0.2, 0.25) is 0 Å². The van der Waals surface area contributed by atoms with Crippen molar-refractivity contribution in [2.45, 2.75) is 0 Å². The summed E-state index contributed by atoms with van der Waals surface area (Å²) in [6.45, 7) is 0.692. The predicted molar refractivity (Wildman–Crippen MR) is 55.4 cm³/mol. The molecule has 0 atom stereocenters. The molecule has 2 N–H and O–H groups in total. The molecule has 16 heavy (non-hydrogen) atoms. The van der Waals surface area contributed by atoms with Crippen molar-refractivity contribution in [2.75, 3.05) is 20.3 Å². The normalized spacial score (nSPS) is 9.81. The highest BCUT2D eigenvalue weighted by Gasteiger charge is 2.16. The lowest BCUT2D eigenvalue weighted by Gasteiger charge is -2.06. The van der Waals surface area contributed by atoms with E-state index in [2.05, 4.69) is 10.3 Å². The first kappa shape index (κ1) is 12.1. The second-order valence-electron chi connectivity index (χ2n) is 2.95. The van der Waals surface area contributed by atoms with Gasteiger partial charge in [0.25, 0.3) is 5.91 Å². The zero-order valence-electron chi connectivity index (χ0n) is 8.77. The molecule has 0 aliphatic rings. The van der Waals surface area contributed by atoms with Gasteiger partial charge in [-0.3, -0.25) is 4.79 Å². The molecule has 1 aromatic rings. The first-order chi connectivity index (χ1) is 7.66.